The van der Waals surface area contributed by atoms with Crippen LogP contribution in [0, 0.1) is 23.7 Å². The summed E-state index contributed by atoms with van der Waals surface area (Å²) in [5, 5.41) is 2.92. The van der Waals surface area contributed by atoms with E-state index in [1.54, 1.807) is 50.5 Å². The molecule has 4 N–H and O–H groups in total. The largest absolute Gasteiger partial charge is 0.399 e. The Labute approximate surface area is 243 Å². The second-order valence-electron chi connectivity index (χ2n) is 8.17. The smallest absolute Gasteiger partial charge is 0.298 e. The topological polar surface area (TPSA) is 127 Å². The molecule has 3 aromatic rings. The van der Waals surface area contributed by atoms with Crippen molar-refractivity contribution in [2.45, 2.75) is 13.1 Å². The molecule has 0 fully saturated rings. The van der Waals surface area contributed by atoms with E-state index in [1.807, 2.05) is 12.1 Å². The molecule has 0 aliphatic carbocycles. The molecule has 2 aromatic carbocycles. The maximum atomic E-state index is 12.6. The highest BCUT2D eigenvalue weighted by molar-refractivity contribution is 7.08. The van der Waals surface area contributed by atoms with E-state index in [4.69, 9.17) is 11.5 Å². The number of hydrogen-bond acceptors (Lipinski definition) is 7. The molecule has 0 atom stereocenters. The third kappa shape index (κ3) is 9.51. The van der Waals surface area contributed by atoms with Crippen LogP contribution >= 0.6 is 36.2 Å². The van der Waals surface area contributed by atoms with E-state index in [-0.39, 0.29) is 49.0 Å². The van der Waals surface area contributed by atoms with Crippen LogP contribution in [0.15, 0.2) is 59.3 Å². The van der Waals surface area contributed by atoms with Gasteiger partial charge in [-0.05, 0) is 47.2 Å². The summed E-state index contributed by atoms with van der Waals surface area (Å²) in [6.07, 6.45) is 0. The fourth-order valence-corrected chi connectivity index (χ4v) is 4.08. The molecule has 0 aliphatic rings. The number of nitrogens with zero attached hydrogens (tertiary/aromatic N) is 2. The first-order valence-electron chi connectivity index (χ1n) is 11.0. The molecule has 0 unspecified atom stereocenters. The van der Waals surface area contributed by atoms with Crippen LogP contribution in [-0.4, -0.2) is 47.3 Å². The van der Waals surface area contributed by atoms with Crippen molar-refractivity contribution in [3.8, 4) is 23.7 Å². The average molecular weight is 586 g/mol. The number of amides is 2. The van der Waals surface area contributed by atoms with E-state index in [2.05, 4.69) is 23.7 Å². The van der Waals surface area contributed by atoms with Crippen molar-refractivity contribution in [3.05, 3.63) is 81.5 Å². The van der Waals surface area contributed by atoms with Gasteiger partial charge in [0.15, 0.2) is 0 Å². The van der Waals surface area contributed by atoms with Gasteiger partial charge in [0.2, 0.25) is 11.6 Å². The lowest BCUT2D eigenvalue weighted by Crippen LogP contribution is -2.25. The predicted octanol–water partition coefficient (Wildman–Crippen LogP) is 3.45. The molecule has 1 aromatic heterocycles. The maximum Gasteiger partial charge on any atom is 0.298 e. The highest BCUT2D eigenvalue weighted by Gasteiger charge is 2.17. The summed E-state index contributed by atoms with van der Waals surface area (Å²) in [7, 11) is 3.11. The van der Waals surface area contributed by atoms with Gasteiger partial charge in [0.05, 0.1) is 11.1 Å². The van der Waals surface area contributed by atoms with Crippen molar-refractivity contribution < 1.29 is 19.2 Å². The van der Waals surface area contributed by atoms with E-state index in [9.17, 15) is 19.2 Å². The van der Waals surface area contributed by atoms with Crippen LogP contribution in [-0.2, 0) is 22.7 Å². The van der Waals surface area contributed by atoms with Crippen molar-refractivity contribution >= 4 is 70.9 Å². The lowest BCUT2D eigenvalue weighted by Gasteiger charge is -2.14. The summed E-state index contributed by atoms with van der Waals surface area (Å²) in [6, 6.07) is 14.2. The zero-order valence-electron chi connectivity index (χ0n) is 21.1. The number of hydrogen-bond donors (Lipinski definition) is 2. The van der Waals surface area contributed by atoms with E-state index in [0.29, 0.717) is 11.4 Å². The Hall–Kier alpha value is -4.28. The molecule has 39 heavy (non-hydrogen) atoms. The van der Waals surface area contributed by atoms with Gasteiger partial charge in [-0.25, -0.2) is 0 Å². The van der Waals surface area contributed by atoms with Crippen LogP contribution in [0.4, 0.5) is 11.4 Å². The minimum atomic E-state index is -0.692. The molecule has 0 aliphatic heterocycles. The van der Waals surface area contributed by atoms with Gasteiger partial charge in [0, 0.05) is 61.2 Å². The number of carbonyl (C=O) groups is 4. The molecule has 2 amide bonds. The van der Waals surface area contributed by atoms with Crippen molar-refractivity contribution in [1.82, 2.24) is 9.80 Å². The molecule has 0 saturated heterocycles. The van der Waals surface area contributed by atoms with Gasteiger partial charge in [0.25, 0.3) is 11.8 Å². The van der Waals surface area contributed by atoms with Crippen molar-refractivity contribution in [2.75, 3.05) is 25.6 Å². The molecular weight excluding hydrogens is 559 g/mol. The van der Waals surface area contributed by atoms with Gasteiger partial charge in [-0.3, -0.25) is 19.2 Å². The zero-order chi connectivity index (χ0) is 26.9. The first-order valence-corrected chi connectivity index (χ1v) is 12.0. The number of nitrogens with two attached hydrogens (primary N) is 2. The molecule has 0 spiro atoms. The number of halogens is 2. The van der Waals surface area contributed by atoms with E-state index < -0.39 is 23.4 Å². The highest BCUT2D eigenvalue weighted by Crippen LogP contribution is 2.16. The fraction of sp³-hybridized carbons (Fsp3) is 0.143. The summed E-state index contributed by atoms with van der Waals surface area (Å²) in [5.74, 6) is 6.68. The van der Waals surface area contributed by atoms with Gasteiger partial charge in [-0.1, -0.05) is 24.3 Å². The molecule has 3 rings (SSSR count). The summed E-state index contributed by atoms with van der Waals surface area (Å²) >= 11 is 1.12. The average Bonchev–Trinajstić information content (AvgIpc) is 3.35. The molecular formula is C28H26Cl2N4O4S. The summed E-state index contributed by atoms with van der Waals surface area (Å²) in [4.78, 5) is 52.6. The van der Waals surface area contributed by atoms with Crippen LogP contribution in [0.5, 0.6) is 0 Å². The third-order valence-electron chi connectivity index (χ3n) is 5.15. The molecule has 8 nitrogen and oxygen atoms in total. The van der Waals surface area contributed by atoms with Gasteiger partial charge in [-0.2, -0.15) is 11.3 Å². The van der Waals surface area contributed by atoms with E-state index in [0.717, 1.165) is 22.5 Å². The number of benzene rings is 2. The van der Waals surface area contributed by atoms with Crippen LogP contribution in [0.1, 0.15) is 31.8 Å². The van der Waals surface area contributed by atoms with Crippen LogP contribution < -0.4 is 11.5 Å². The predicted molar refractivity (Wildman–Crippen MR) is 158 cm³/mol. The minimum absolute atomic E-state index is 0. The highest BCUT2D eigenvalue weighted by atomic mass is 35.5. The van der Waals surface area contributed by atoms with Gasteiger partial charge in [0.1, 0.15) is 0 Å². The van der Waals surface area contributed by atoms with Crippen molar-refractivity contribution in [3.63, 3.8) is 0 Å². The monoisotopic (exact) mass is 584 g/mol. The lowest BCUT2D eigenvalue weighted by atomic mass is 10.1. The van der Waals surface area contributed by atoms with Crippen molar-refractivity contribution in [2.24, 2.45) is 0 Å². The molecule has 1 heterocycles. The Balaban J connectivity index is 0.00000380. The zero-order valence-corrected chi connectivity index (χ0v) is 23.5. The number of anilines is 2. The Kier molecular flexibility index (Phi) is 12.8. The number of rotatable bonds is 6. The second kappa shape index (κ2) is 15.2. The summed E-state index contributed by atoms with van der Waals surface area (Å²) < 4.78 is 0. The Morgan fingerprint density at radius 3 is 1.44 bits per heavy atom. The Bertz CT molecular complexity index is 1390. The lowest BCUT2D eigenvalue weighted by molar-refractivity contribution is -0.125. The molecule has 0 saturated carbocycles. The first kappa shape index (κ1) is 32.7. The van der Waals surface area contributed by atoms with E-state index >= 15 is 0 Å². The van der Waals surface area contributed by atoms with Gasteiger partial charge >= 0.3 is 0 Å². The molecule has 0 bridgehead atoms. The fourth-order valence-electron chi connectivity index (χ4n) is 3.27. The van der Waals surface area contributed by atoms with Crippen molar-refractivity contribution in [1.29, 1.82) is 0 Å². The van der Waals surface area contributed by atoms with Gasteiger partial charge < -0.3 is 21.3 Å². The standard InChI is InChI=1S/C28H24N4O4S.2ClH/c1-31(15-19-5-3-7-21(29)13-19)27(35)11-9-25(33)23-17-37-18-24(23)26(34)10-12-28(36)32(2)16-20-6-4-8-22(30)14-20;;/h3-8,13-14,17-18H,15-16,29-30H2,1-2H3;2*1H. The Morgan fingerprint density at radius 2 is 1.08 bits per heavy atom. The number of nitrogen functional groups attached to an aromatic ring is 2. The quantitative estimate of drug-likeness (QED) is 0.198. The summed E-state index contributed by atoms with van der Waals surface area (Å²) in [5.41, 5.74) is 14.4. The molecule has 11 heteroatoms. The second-order valence-corrected chi connectivity index (χ2v) is 8.91. The number of carbonyl (C=O) groups excluding carboxylic acids is 4. The number of Topliss-reactive ketones (excluding diaryl/α,β-unsaturated/α-hetero) is 2. The number of ketones is 2. The third-order valence-corrected chi connectivity index (χ3v) is 5.90. The van der Waals surface area contributed by atoms with Crippen LogP contribution in [0.3, 0.4) is 0 Å². The van der Waals surface area contributed by atoms with E-state index in [1.165, 1.54) is 20.6 Å². The molecule has 202 valence electrons. The SMILES string of the molecule is CN(Cc1cccc(N)c1)C(=O)C#CC(=O)c1cscc1C(=O)C#CC(=O)N(C)Cc1cccc(N)c1.Cl.Cl. The minimum Gasteiger partial charge on any atom is -0.399 e. The first-order chi connectivity index (χ1) is 17.6. The van der Waals surface area contributed by atoms with Gasteiger partial charge in [-0.15, -0.1) is 24.8 Å². The molecule has 0 radical (unpaired) electrons. The number of thiophene rings is 1. The van der Waals surface area contributed by atoms with Crippen LogP contribution in [0.25, 0.3) is 0 Å². The summed E-state index contributed by atoms with van der Waals surface area (Å²) in [6.45, 7) is 0.537. The maximum absolute atomic E-state index is 12.6. The normalized spacial score (nSPS) is 9.28. The Morgan fingerprint density at radius 1 is 0.692 bits per heavy atom. The van der Waals surface area contributed by atoms with Crippen LogP contribution in [0.2, 0.25) is 0 Å².